The highest BCUT2D eigenvalue weighted by molar-refractivity contribution is 4.87. The lowest BCUT2D eigenvalue weighted by atomic mass is 10.1. The summed E-state index contributed by atoms with van der Waals surface area (Å²) in [6.45, 7) is 4.91. The van der Waals surface area contributed by atoms with Crippen LogP contribution in [0.3, 0.4) is 0 Å². The maximum atomic E-state index is 8.58. The van der Waals surface area contributed by atoms with Crippen LogP contribution in [0.2, 0.25) is 0 Å². The van der Waals surface area contributed by atoms with Crippen LogP contribution in [0.15, 0.2) is 0 Å². The Morgan fingerprint density at radius 1 is 1.56 bits per heavy atom. The third kappa shape index (κ3) is 1.68. The van der Waals surface area contributed by atoms with Gasteiger partial charge in [0.15, 0.2) is 0 Å². The van der Waals surface area contributed by atoms with Crippen molar-refractivity contribution in [3.8, 4) is 0 Å². The number of aliphatic hydroxyl groups is 1. The number of aliphatic hydroxyl groups excluding tert-OH is 1. The molecule has 0 heterocycles. The van der Waals surface area contributed by atoms with Gasteiger partial charge in [-0.3, -0.25) is 0 Å². The predicted molar refractivity (Wildman–Crippen MR) is 38.1 cm³/mol. The Morgan fingerprint density at radius 2 is 2.22 bits per heavy atom. The van der Waals surface area contributed by atoms with Gasteiger partial charge in [-0.2, -0.15) is 0 Å². The minimum atomic E-state index is 0.383. The molecule has 1 heteroatoms. The summed E-state index contributed by atoms with van der Waals surface area (Å²) in [6, 6.07) is 0. The summed E-state index contributed by atoms with van der Waals surface area (Å²) < 4.78 is 0. The summed E-state index contributed by atoms with van der Waals surface area (Å²) >= 11 is 0. The van der Waals surface area contributed by atoms with Crippen molar-refractivity contribution in [2.24, 2.45) is 17.8 Å². The highest BCUT2D eigenvalue weighted by atomic mass is 16.3. The Kier molecular flexibility index (Phi) is 2.12. The van der Waals surface area contributed by atoms with Crippen LogP contribution in [-0.4, -0.2) is 11.7 Å². The van der Waals surface area contributed by atoms with Gasteiger partial charge in [0.25, 0.3) is 0 Å². The van der Waals surface area contributed by atoms with E-state index >= 15 is 0 Å². The molecule has 0 spiro atoms. The maximum Gasteiger partial charge on any atom is 0.0433 e. The standard InChI is InChI=1S/C8H16O/c1-6(2)8-5-7(8)3-4-9/h6-9H,3-5H2,1-2H3/t7-,8-/m1/s1. The molecular formula is C8H16O. The first-order chi connectivity index (χ1) is 4.25. The average molecular weight is 128 g/mol. The van der Waals surface area contributed by atoms with Crippen molar-refractivity contribution in [2.45, 2.75) is 26.7 Å². The predicted octanol–water partition coefficient (Wildman–Crippen LogP) is 1.66. The van der Waals surface area contributed by atoms with Crippen LogP contribution < -0.4 is 0 Å². The molecule has 0 aliphatic heterocycles. The molecule has 9 heavy (non-hydrogen) atoms. The molecule has 0 aromatic heterocycles. The van der Waals surface area contributed by atoms with Gasteiger partial charge in [-0.25, -0.2) is 0 Å². The van der Waals surface area contributed by atoms with Gasteiger partial charge in [0.1, 0.15) is 0 Å². The van der Waals surface area contributed by atoms with Crippen LogP contribution in [0.5, 0.6) is 0 Å². The molecule has 0 unspecified atom stereocenters. The minimum absolute atomic E-state index is 0.383. The van der Waals surface area contributed by atoms with Gasteiger partial charge in [0, 0.05) is 6.61 Å². The monoisotopic (exact) mass is 128 g/mol. The van der Waals surface area contributed by atoms with Crippen molar-refractivity contribution in [3.63, 3.8) is 0 Å². The van der Waals surface area contributed by atoms with Crippen molar-refractivity contribution in [1.29, 1.82) is 0 Å². The quantitative estimate of drug-likeness (QED) is 0.613. The molecule has 1 N–H and O–H groups in total. The maximum absolute atomic E-state index is 8.58. The SMILES string of the molecule is CC(C)[C@H]1C[C@H]1CCO. The summed E-state index contributed by atoms with van der Waals surface area (Å²) in [7, 11) is 0. The van der Waals surface area contributed by atoms with Crippen molar-refractivity contribution >= 4 is 0 Å². The van der Waals surface area contributed by atoms with Gasteiger partial charge >= 0.3 is 0 Å². The Hall–Kier alpha value is -0.0400. The number of rotatable bonds is 3. The summed E-state index contributed by atoms with van der Waals surface area (Å²) in [4.78, 5) is 0. The second-order valence-electron chi connectivity index (χ2n) is 3.42. The van der Waals surface area contributed by atoms with E-state index in [1.165, 1.54) is 6.42 Å². The van der Waals surface area contributed by atoms with E-state index in [0.717, 1.165) is 24.2 Å². The van der Waals surface area contributed by atoms with Crippen molar-refractivity contribution in [1.82, 2.24) is 0 Å². The molecule has 0 amide bonds. The zero-order chi connectivity index (χ0) is 6.85. The van der Waals surface area contributed by atoms with E-state index in [9.17, 15) is 0 Å². The minimum Gasteiger partial charge on any atom is -0.396 e. The van der Waals surface area contributed by atoms with Gasteiger partial charge in [0.05, 0.1) is 0 Å². The van der Waals surface area contributed by atoms with Crippen LogP contribution in [0.25, 0.3) is 0 Å². The summed E-state index contributed by atoms with van der Waals surface area (Å²) in [5.41, 5.74) is 0. The fraction of sp³-hybridized carbons (Fsp3) is 1.00. The Balaban J connectivity index is 2.09. The molecule has 1 saturated carbocycles. The van der Waals surface area contributed by atoms with Crippen LogP contribution >= 0.6 is 0 Å². The second kappa shape index (κ2) is 2.70. The van der Waals surface area contributed by atoms with E-state index in [2.05, 4.69) is 13.8 Å². The molecule has 0 bridgehead atoms. The average Bonchev–Trinajstić information content (AvgIpc) is 2.47. The second-order valence-corrected chi connectivity index (χ2v) is 3.42. The van der Waals surface area contributed by atoms with E-state index in [1.807, 2.05) is 0 Å². The zero-order valence-electron chi connectivity index (χ0n) is 6.30. The van der Waals surface area contributed by atoms with Crippen molar-refractivity contribution in [2.75, 3.05) is 6.61 Å². The van der Waals surface area contributed by atoms with E-state index in [0.29, 0.717) is 6.61 Å². The fourth-order valence-electron chi connectivity index (χ4n) is 1.59. The van der Waals surface area contributed by atoms with Crippen molar-refractivity contribution < 1.29 is 5.11 Å². The molecule has 0 aromatic carbocycles. The highest BCUT2D eigenvalue weighted by Crippen LogP contribution is 2.45. The normalized spacial score (nSPS) is 33.3. The highest BCUT2D eigenvalue weighted by Gasteiger charge is 2.37. The lowest BCUT2D eigenvalue weighted by Crippen LogP contribution is -1.94. The lowest BCUT2D eigenvalue weighted by molar-refractivity contribution is 0.274. The lowest BCUT2D eigenvalue weighted by Gasteiger charge is -2.00. The largest absolute Gasteiger partial charge is 0.396 e. The number of hydrogen-bond acceptors (Lipinski definition) is 1. The van der Waals surface area contributed by atoms with Crippen LogP contribution in [-0.2, 0) is 0 Å². The third-order valence-corrected chi connectivity index (χ3v) is 2.33. The summed E-state index contributed by atoms with van der Waals surface area (Å²) in [5, 5.41) is 8.58. The van der Waals surface area contributed by atoms with Gasteiger partial charge in [0.2, 0.25) is 0 Å². The Morgan fingerprint density at radius 3 is 2.56 bits per heavy atom. The molecule has 54 valence electrons. The number of hydrogen-bond donors (Lipinski definition) is 1. The Bertz CT molecular complexity index is 88.6. The molecule has 1 fully saturated rings. The molecular weight excluding hydrogens is 112 g/mol. The molecule has 1 nitrogen and oxygen atoms in total. The first-order valence-corrected chi connectivity index (χ1v) is 3.86. The van der Waals surface area contributed by atoms with Gasteiger partial charge in [-0.15, -0.1) is 0 Å². The van der Waals surface area contributed by atoms with E-state index in [1.54, 1.807) is 0 Å². The molecule has 0 saturated heterocycles. The fourth-order valence-corrected chi connectivity index (χ4v) is 1.59. The van der Waals surface area contributed by atoms with E-state index in [4.69, 9.17) is 5.11 Å². The Labute approximate surface area is 57.1 Å². The van der Waals surface area contributed by atoms with Gasteiger partial charge < -0.3 is 5.11 Å². The van der Waals surface area contributed by atoms with Crippen molar-refractivity contribution in [3.05, 3.63) is 0 Å². The van der Waals surface area contributed by atoms with Gasteiger partial charge in [-0.1, -0.05) is 13.8 Å². The molecule has 0 radical (unpaired) electrons. The summed E-state index contributed by atoms with van der Waals surface area (Å²) in [5.74, 6) is 2.62. The zero-order valence-corrected chi connectivity index (χ0v) is 6.30. The van der Waals surface area contributed by atoms with E-state index < -0.39 is 0 Å². The molecule has 2 atom stereocenters. The molecule has 1 rings (SSSR count). The van der Waals surface area contributed by atoms with Crippen LogP contribution in [0.1, 0.15) is 26.7 Å². The van der Waals surface area contributed by atoms with Crippen LogP contribution in [0.4, 0.5) is 0 Å². The van der Waals surface area contributed by atoms with Crippen LogP contribution in [0, 0.1) is 17.8 Å². The molecule has 1 aliphatic rings. The molecule has 1 aliphatic carbocycles. The first-order valence-electron chi connectivity index (χ1n) is 3.86. The molecule has 0 aromatic rings. The first kappa shape index (κ1) is 7.07. The third-order valence-electron chi connectivity index (χ3n) is 2.33. The smallest absolute Gasteiger partial charge is 0.0433 e. The van der Waals surface area contributed by atoms with Gasteiger partial charge in [-0.05, 0) is 30.6 Å². The topological polar surface area (TPSA) is 20.2 Å². The van der Waals surface area contributed by atoms with E-state index in [-0.39, 0.29) is 0 Å². The summed E-state index contributed by atoms with van der Waals surface area (Å²) in [6.07, 6.45) is 2.39.